The minimum atomic E-state index is -0.261. The molecule has 0 aromatic heterocycles. The summed E-state index contributed by atoms with van der Waals surface area (Å²) in [5, 5.41) is 0.121. The highest BCUT2D eigenvalue weighted by molar-refractivity contribution is 8.12. The van der Waals surface area contributed by atoms with Crippen LogP contribution in [-0.4, -0.2) is 18.2 Å². The minimum Gasteiger partial charge on any atom is -0.469 e. The molecule has 1 aromatic carbocycles. The zero-order chi connectivity index (χ0) is 13.4. The summed E-state index contributed by atoms with van der Waals surface area (Å²) < 4.78 is 4.57. The summed E-state index contributed by atoms with van der Waals surface area (Å²) in [7, 11) is 1.36. The van der Waals surface area contributed by atoms with Crippen LogP contribution in [0.25, 0.3) is 0 Å². The number of ether oxygens (including phenoxy) is 1. The Balaban J connectivity index is 2.27. The van der Waals surface area contributed by atoms with E-state index in [1.165, 1.54) is 18.9 Å². The largest absolute Gasteiger partial charge is 0.469 e. The number of thioether (sulfide) groups is 1. The first-order valence-electron chi connectivity index (χ1n) is 5.88. The van der Waals surface area contributed by atoms with E-state index in [4.69, 9.17) is 0 Å². The molecule has 0 fully saturated rings. The molecule has 0 amide bonds. The molecule has 4 heteroatoms. The second-order valence-electron chi connectivity index (χ2n) is 4.24. The van der Waals surface area contributed by atoms with Gasteiger partial charge in [-0.2, -0.15) is 0 Å². The lowest BCUT2D eigenvalue weighted by molar-refractivity contribution is -0.141. The molecule has 0 saturated heterocycles. The average molecular weight is 266 g/mol. The Labute approximate surface area is 112 Å². The highest BCUT2D eigenvalue weighted by Crippen LogP contribution is 2.18. The van der Waals surface area contributed by atoms with Crippen LogP contribution in [0.4, 0.5) is 0 Å². The van der Waals surface area contributed by atoms with E-state index in [0.29, 0.717) is 18.6 Å². The number of carbonyl (C=O) groups is 2. The van der Waals surface area contributed by atoms with Crippen molar-refractivity contribution in [3.63, 3.8) is 0 Å². The van der Waals surface area contributed by atoms with E-state index in [-0.39, 0.29) is 17.0 Å². The SMILES string of the molecule is COC(=O)C[C@@H](C)CC(=O)SCc1ccccc1. The molecule has 1 rings (SSSR count). The predicted molar refractivity (Wildman–Crippen MR) is 73.2 cm³/mol. The van der Waals surface area contributed by atoms with Crippen molar-refractivity contribution < 1.29 is 14.3 Å². The van der Waals surface area contributed by atoms with Gasteiger partial charge >= 0.3 is 5.97 Å². The lowest BCUT2D eigenvalue weighted by Crippen LogP contribution is -2.10. The third-order valence-electron chi connectivity index (χ3n) is 2.50. The van der Waals surface area contributed by atoms with Crippen molar-refractivity contribution in [3.05, 3.63) is 35.9 Å². The molecule has 0 spiro atoms. The Kier molecular flexibility index (Phi) is 6.50. The summed E-state index contributed by atoms with van der Waals surface area (Å²) in [6, 6.07) is 9.87. The zero-order valence-corrected chi connectivity index (χ0v) is 11.5. The van der Waals surface area contributed by atoms with Crippen LogP contribution in [0, 0.1) is 5.92 Å². The molecule has 0 bridgehead atoms. The van der Waals surface area contributed by atoms with Crippen LogP contribution in [0.15, 0.2) is 30.3 Å². The molecule has 18 heavy (non-hydrogen) atoms. The van der Waals surface area contributed by atoms with E-state index in [1.54, 1.807) is 0 Å². The smallest absolute Gasteiger partial charge is 0.305 e. The molecule has 0 aliphatic heterocycles. The van der Waals surface area contributed by atoms with E-state index in [0.717, 1.165) is 5.56 Å². The quantitative estimate of drug-likeness (QED) is 0.742. The van der Waals surface area contributed by atoms with Gasteiger partial charge in [0.25, 0.3) is 0 Å². The Bertz CT molecular complexity index is 389. The van der Waals surface area contributed by atoms with Gasteiger partial charge in [-0.15, -0.1) is 0 Å². The molecule has 0 aliphatic rings. The fraction of sp³-hybridized carbons (Fsp3) is 0.429. The predicted octanol–water partition coefficient (Wildman–Crippen LogP) is 3.04. The van der Waals surface area contributed by atoms with Gasteiger partial charge in [-0.1, -0.05) is 49.0 Å². The van der Waals surface area contributed by atoms with Crippen molar-refractivity contribution in [2.45, 2.75) is 25.5 Å². The highest BCUT2D eigenvalue weighted by atomic mass is 32.2. The Hall–Kier alpha value is -1.29. The summed E-state index contributed by atoms with van der Waals surface area (Å²) in [5.74, 6) is 0.460. The van der Waals surface area contributed by atoms with Crippen LogP contribution in [0.2, 0.25) is 0 Å². The maximum Gasteiger partial charge on any atom is 0.305 e. The van der Waals surface area contributed by atoms with E-state index in [2.05, 4.69) is 4.74 Å². The van der Waals surface area contributed by atoms with E-state index >= 15 is 0 Å². The van der Waals surface area contributed by atoms with Crippen molar-refractivity contribution in [2.75, 3.05) is 7.11 Å². The zero-order valence-electron chi connectivity index (χ0n) is 10.7. The topological polar surface area (TPSA) is 43.4 Å². The number of hydrogen-bond donors (Lipinski definition) is 0. The van der Waals surface area contributed by atoms with Gasteiger partial charge in [-0.05, 0) is 11.5 Å². The summed E-state index contributed by atoms with van der Waals surface area (Å²) >= 11 is 1.30. The van der Waals surface area contributed by atoms with Gasteiger partial charge in [-0.3, -0.25) is 9.59 Å². The number of hydrogen-bond acceptors (Lipinski definition) is 4. The van der Waals surface area contributed by atoms with Gasteiger partial charge < -0.3 is 4.74 Å². The first-order valence-corrected chi connectivity index (χ1v) is 6.86. The van der Waals surface area contributed by atoms with Gasteiger partial charge in [-0.25, -0.2) is 0 Å². The molecule has 0 unspecified atom stereocenters. The Morgan fingerprint density at radius 2 is 1.89 bits per heavy atom. The van der Waals surface area contributed by atoms with Crippen LogP contribution in [0.5, 0.6) is 0 Å². The fourth-order valence-electron chi connectivity index (χ4n) is 1.52. The summed E-state index contributed by atoms with van der Waals surface area (Å²) in [6.45, 7) is 1.89. The van der Waals surface area contributed by atoms with Crippen molar-refractivity contribution in [1.82, 2.24) is 0 Å². The second-order valence-corrected chi connectivity index (χ2v) is 5.27. The van der Waals surface area contributed by atoms with E-state index < -0.39 is 0 Å². The normalized spacial score (nSPS) is 11.9. The van der Waals surface area contributed by atoms with Crippen molar-refractivity contribution in [3.8, 4) is 0 Å². The molecule has 98 valence electrons. The molecule has 0 aliphatic carbocycles. The number of esters is 1. The Morgan fingerprint density at radius 1 is 1.22 bits per heavy atom. The monoisotopic (exact) mass is 266 g/mol. The summed E-state index contributed by atoms with van der Waals surface area (Å²) in [6.07, 6.45) is 0.709. The van der Waals surface area contributed by atoms with Crippen LogP contribution < -0.4 is 0 Å². The molecular formula is C14H18O3S. The third kappa shape index (κ3) is 5.87. The third-order valence-corrected chi connectivity index (χ3v) is 3.47. The van der Waals surface area contributed by atoms with Crippen LogP contribution >= 0.6 is 11.8 Å². The average Bonchev–Trinajstić information content (AvgIpc) is 2.37. The van der Waals surface area contributed by atoms with Crippen LogP contribution in [-0.2, 0) is 20.1 Å². The molecule has 0 saturated carbocycles. The van der Waals surface area contributed by atoms with Gasteiger partial charge in [0.1, 0.15) is 0 Å². The second kappa shape index (κ2) is 7.93. The van der Waals surface area contributed by atoms with Gasteiger partial charge in [0.05, 0.1) is 7.11 Å². The van der Waals surface area contributed by atoms with Gasteiger partial charge in [0, 0.05) is 18.6 Å². The first kappa shape index (κ1) is 14.8. The van der Waals surface area contributed by atoms with Crippen LogP contribution in [0.1, 0.15) is 25.3 Å². The lowest BCUT2D eigenvalue weighted by atomic mass is 10.1. The number of benzene rings is 1. The van der Waals surface area contributed by atoms with Gasteiger partial charge in [0.15, 0.2) is 5.12 Å². The summed E-state index contributed by atoms with van der Waals surface area (Å²) in [5.41, 5.74) is 1.14. The van der Waals surface area contributed by atoms with Crippen molar-refractivity contribution in [2.24, 2.45) is 5.92 Å². The first-order chi connectivity index (χ1) is 8.61. The summed E-state index contributed by atoms with van der Waals surface area (Å²) in [4.78, 5) is 22.8. The van der Waals surface area contributed by atoms with E-state index in [9.17, 15) is 9.59 Å². The molecule has 1 aromatic rings. The van der Waals surface area contributed by atoms with Gasteiger partial charge in [0.2, 0.25) is 0 Å². The standard InChI is InChI=1S/C14H18O3S/c1-11(8-13(15)17-2)9-14(16)18-10-12-6-4-3-5-7-12/h3-7,11H,8-10H2,1-2H3/t11-/m1/s1. The molecule has 0 N–H and O–H groups in total. The molecule has 3 nitrogen and oxygen atoms in total. The van der Waals surface area contributed by atoms with E-state index in [1.807, 2.05) is 37.3 Å². The number of carbonyl (C=O) groups excluding carboxylic acids is 2. The number of rotatable bonds is 6. The lowest BCUT2D eigenvalue weighted by Gasteiger charge is -2.08. The molecule has 1 atom stereocenters. The molecule has 0 radical (unpaired) electrons. The number of methoxy groups -OCH3 is 1. The molecular weight excluding hydrogens is 248 g/mol. The highest BCUT2D eigenvalue weighted by Gasteiger charge is 2.13. The fourth-order valence-corrected chi connectivity index (χ4v) is 2.44. The maximum absolute atomic E-state index is 11.7. The minimum absolute atomic E-state index is 0.0354. The Morgan fingerprint density at radius 3 is 2.50 bits per heavy atom. The van der Waals surface area contributed by atoms with Crippen molar-refractivity contribution >= 4 is 22.8 Å². The molecule has 0 heterocycles. The maximum atomic E-state index is 11.7. The van der Waals surface area contributed by atoms with Crippen molar-refractivity contribution in [1.29, 1.82) is 0 Å². The van der Waals surface area contributed by atoms with Crippen LogP contribution in [0.3, 0.4) is 0 Å².